The van der Waals surface area contributed by atoms with Crippen LogP contribution >= 0.6 is 23.4 Å². The lowest BCUT2D eigenvalue weighted by Gasteiger charge is -2.17. The van der Waals surface area contributed by atoms with E-state index in [1.165, 1.54) is 29.5 Å². The normalized spacial score (nSPS) is 16.1. The minimum atomic E-state index is -0.434. The molecular weight excluding hydrogens is 371 g/mol. The molecule has 0 saturated carbocycles. The van der Waals surface area contributed by atoms with E-state index in [4.69, 9.17) is 11.6 Å². The Bertz CT molecular complexity index is 810. The monoisotopic (exact) mass is 390 g/mol. The Labute approximate surface area is 162 Å². The topological polar surface area (TPSA) is 48.8 Å². The molecule has 7 heteroatoms. The van der Waals surface area contributed by atoms with E-state index < -0.39 is 5.82 Å². The zero-order chi connectivity index (χ0) is 18.4. The molecule has 2 aromatic rings. The minimum Gasteiger partial charge on any atom is -0.334 e. The number of nitrogens with zero attached hydrogens (tertiary/aromatic N) is 2. The van der Waals surface area contributed by atoms with Gasteiger partial charge in [0.1, 0.15) is 5.82 Å². The lowest BCUT2D eigenvalue weighted by Crippen LogP contribution is -2.31. The highest BCUT2D eigenvalue weighted by Crippen LogP contribution is 2.25. The number of rotatable bonds is 7. The van der Waals surface area contributed by atoms with Gasteiger partial charge in [-0.1, -0.05) is 41.9 Å². The molecule has 0 fully saturated rings. The molecule has 0 spiro atoms. The molecule has 1 aliphatic rings. The van der Waals surface area contributed by atoms with Crippen molar-refractivity contribution in [1.29, 1.82) is 0 Å². The van der Waals surface area contributed by atoms with E-state index in [1.807, 2.05) is 6.07 Å². The van der Waals surface area contributed by atoms with Gasteiger partial charge in [-0.2, -0.15) is 4.99 Å². The second-order valence-electron chi connectivity index (χ2n) is 5.99. The van der Waals surface area contributed by atoms with Crippen LogP contribution in [0.15, 0.2) is 58.5 Å². The molecule has 0 radical (unpaired) electrons. The van der Waals surface area contributed by atoms with Crippen LogP contribution in [0.1, 0.15) is 12.5 Å². The van der Waals surface area contributed by atoms with Crippen LogP contribution < -0.4 is 10.6 Å². The third-order valence-electron chi connectivity index (χ3n) is 3.81. The molecule has 0 unspecified atom stereocenters. The Morgan fingerprint density at radius 2 is 2.00 bits per heavy atom. The van der Waals surface area contributed by atoms with Crippen molar-refractivity contribution >= 4 is 39.4 Å². The van der Waals surface area contributed by atoms with Crippen molar-refractivity contribution in [2.24, 2.45) is 9.98 Å². The number of aliphatic imine (C=N–C) groups is 2. The SMILES string of the molecule is C[C@@H](CN=C1N=C(Nc2ccc(F)c(Cl)c2)S1)NCCc1ccccc1. The first-order chi connectivity index (χ1) is 12.6. The molecule has 0 bridgehead atoms. The smallest absolute Gasteiger partial charge is 0.193 e. The second-order valence-corrected chi connectivity index (χ2v) is 7.35. The van der Waals surface area contributed by atoms with E-state index >= 15 is 0 Å². The van der Waals surface area contributed by atoms with Gasteiger partial charge in [-0.25, -0.2) is 4.39 Å². The molecule has 0 aliphatic carbocycles. The van der Waals surface area contributed by atoms with Crippen LogP contribution in [0, 0.1) is 5.82 Å². The summed E-state index contributed by atoms with van der Waals surface area (Å²) in [6.07, 6.45) is 1.00. The van der Waals surface area contributed by atoms with Crippen LogP contribution in [-0.4, -0.2) is 29.5 Å². The van der Waals surface area contributed by atoms with Gasteiger partial charge in [-0.15, -0.1) is 0 Å². The maximum Gasteiger partial charge on any atom is 0.193 e. The third-order valence-corrected chi connectivity index (χ3v) is 4.89. The number of benzene rings is 2. The number of hydrogen-bond donors (Lipinski definition) is 2. The van der Waals surface area contributed by atoms with Crippen molar-refractivity contribution in [2.75, 3.05) is 18.4 Å². The van der Waals surface area contributed by atoms with Gasteiger partial charge in [0.2, 0.25) is 0 Å². The summed E-state index contributed by atoms with van der Waals surface area (Å²) in [5, 5.41) is 8.12. The zero-order valence-corrected chi connectivity index (χ0v) is 15.9. The highest BCUT2D eigenvalue weighted by Gasteiger charge is 2.18. The minimum absolute atomic E-state index is 0.0872. The summed E-state index contributed by atoms with van der Waals surface area (Å²) in [7, 11) is 0. The molecule has 1 heterocycles. The molecule has 1 aliphatic heterocycles. The Kier molecular flexibility index (Phi) is 6.66. The van der Waals surface area contributed by atoms with Crippen molar-refractivity contribution in [3.63, 3.8) is 0 Å². The molecule has 0 saturated heterocycles. The van der Waals surface area contributed by atoms with Crippen LogP contribution in [0.2, 0.25) is 5.02 Å². The highest BCUT2D eigenvalue weighted by atomic mass is 35.5. The number of thioether (sulfide) groups is 1. The summed E-state index contributed by atoms with van der Waals surface area (Å²) in [5.74, 6) is -0.434. The molecule has 26 heavy (non-hydrogen) atoms. The Morgan fingerprint density at radius 1 is 1.23 bits per heavy atom. The standard InChI is InChI=1S/C19H20ClFN4S/c1-13(22-10-9-14-5-3-2-4-6-14)12-23-18-25-19(26-18)24-15-7-8-17(21)16(20)11-15/h2-8,11,13,22H,9-10,12H2,1H3,(H,23,24,25)/t13-/m0/s1. The molecule has 3 rings (SSSR count). The maximum absolute atomic E-state index is 13.1. The van der Waals surface area contributed by atoms with Gasteiger partial charge >= 0.3 is 0 Å². The Balaban J connectivity index is 1.39. The number of hydrogen-bond acceptors (Lipinski definition) is 4. The fraction of sp³-hybridized carbons (Fsp3) is 0.263. The Hall–Kier alpha value is -1.89. The first kappa shape index (κ1) is 18.9. The highest BCUT2D eigenvalue weighted by molar-refractivity contribution is 8.29. The number of nitrogens with one attached hydrogen (secondary N) is 2. The van der Waals surface area contributed by atoms with Crippen LogP contribution in [0.4, 0.5) is 10.1 Å². The summed E-state index contributed by atoms with van der Waals surface area (Å²) >= 11 is 7.23. The van der Waals surface area contributed by atoms with Gasteiger partial charge in [0.05, 0.1) is 11.6 Å². The fourth-order valence-corrected chi connectivity index (χ4v) is 3.18. The summed E-state index contributed by atoms with van der Waals surface area (Å²) in [4.78, 5) is 8.80. The van der Waals surface area contributed by atoms with Gasteiger partial charge in [0, 0.05) is 11.7 Å². The number of anilines is 1. The lowest BCUT2D eigenvalue weighted by atomic mass is 10.1. The molecular formula is C19H20ClFN4S. The molecule has 4 nitrogen and oxygen atoms in total. The van der Waals surface area contributed by atoms with Crippen molar-refractivity contribution in [2.45, 2.75) is 19.4 Å². The van der Waals surface area contributed by atoms with E-state index in [0.29, 0.717) is 12.2 Å². The van der Waals surface area contributed by atoms with E-state index in [9.17, 15) is 4.39 Å². The average Bonchev–Trinajstić information content (AvgIpc) is 2.61. The van der Waals surface area contributed by atoms with Gasteiger partial charge in [-0.3, -0.25) is 4.99 Å². The quantitative estimate of drug-likeness (QED) is 0.728. The first-order valence-electron chi connectivity index (χ1n) is 8.40. The molecule has 2 aromatic carbocycles. The third kappa shape index (κ3) is 5.56. The first-order valence-corrected chi connectivity index (χ1v) is 9.60. The van der Waals surface area contributed by atoms with Crippen LogP contribution in [0.5, 0.6) is 0 Å². The maximum atomic E-state index is 13.1. The molecule has 0 amide bonds. The van der Waals surface area contributed by atoms with Gasteiger partial charge in [-0.05, 0) is 55.4 Å². The van der Waals surface area contributed by atoms with Crippen LogP contribution in [0.25, 0.3) is 0 Å². The molecule has 1 atom stereocenters. The zero-order valence-electron chi connectivity index (χ0n) is 14.4. The summed E-state index contributed by atoms with van der Waals surface area (Å²) in [6.45, 7) is 3.71. The van der Waals surface area contributed by atoms with Crippen molar-refractivity contribution < 1.29 is 4.39 Å². The Morgan fingerprint density at radius 3 is 2.73 bits per heavy atom. The van der Waals surface area contributed by atoms with Gasteiger partial charge in [0.25, 0.3) is 0 Å². The van der Waals surface area contributed by atoms with Crippen LogP contribution in [-0.2, 0) is 6.42 Å². The summed E-state index contributed by atoms with van der Waals surface area (Å²) < 4.78 is 13.1. The molecule has 2 N–H and O–H groups in total. The van der Waals surface area contributed by atoms with E-state index in [2.05, 4.69) is 51.8 Å². The number of amidine groups is 2. The van der Waals surface area contributed by atoms with Crippen LogP contribution in [0.3, 0.4) is 0 Å². The van der Waals surface area contributed by atoms with E-state index in [0.717, 1.165) is 23.3 Å². The number of halogens is 2. The predicted octanol–water partition coefficient (Wildman–Crippen LogP) is 4.57. The van der Waals surface area contributed by atoms with Crippen molar-refractivity contribution in [3.8, 4) is 0 Å². The van der Waals surface area contributed by atoms with E-state index in [-0.39, 0.29) is 11.1 Å². The fourth-order valence-electron chi connectivity index (χ4n) is 2.39. The average molecular weight is 391 g/mol. The van der Waals surface area contributed by atoms with Gasteiger partial charge < -0.3 is 10.6 Å². The molecule has 136 valence electrons. The largest absolute Gasteiger partial charge is 0.334 e. The van der Waals surface area contributed by atoms with E-state index in [1.54, 1.807) is 6.07 Å². The van der Waals surface area contributed by atoms with Crippen molar-refractivity contribution in [1.82, 2.24) is 5.32 Å². The van der Waals surface area contributed by atoms with Crippen molar-refractivity contribution in [3.05, 3.63) is 64.9 Å². The summed E-state index contributed by atoms with van der Waals surface area (Å²) in [6, 6.07) is 15.2. The molecule has 0 aromatic heterocycles. The second kappa shape index (κ2) is 9.16. The summed E-state index contributed by atoms with van der Waals surface area (Å²) in [5.41, 5.74) is 2.03. The lowest BCUT2D eigenvalue weighted by molar-refractivity contribution is 0.560. The van der Waals surface area contributed by atoms with Gasteiger partial charge in [0.15, 0.2) is 10.3 Å². The predicted molar refractivity (Wildman–Crippen MR) is 110 cm³/mol.